The van der Waals surface area contributed by atoms with Crippen LogP contribution in [0.2, 0.25) is 0 Å². The van der Waals surface area contributed by atoms with E-state index in [0.29, 0.717) is 24.2 Å². The number of carbonyl (C=O) groups is 2. The summed E-state index contributed by atoms with van der Waals surface area (Å²) in [5.74, 6) is -1.17. The van der Waals surface area contributed by atoms with Gasteiger partial charge >= 0.3 is 5.97 Å². The maximum absolute atomic E-state index is 12.1. The average molecular weight is 275 g/mol. The molecule has 8 nitrogen and oxygen atoms in total. The molecule has 0 radical (unpaired) electrons. The van der Waals surface area contributed by atoms with Gasteiger partial charge in [-0.2, -0.15) is 4.68 Å². The van der Waals surface area contributed by atoms with E-state index in [0.717, 1.165) is 0 Å². The molecule has 8 heteroatoms. The number of carbonyl (C=O) groups excluding carboxylic acids is 1. The van der Waals surface area contributed by atoms with Crippen molar-refractivity contribution in [3.05, 3.63) is 36.2 Å². The van der Waals surface area contributed by atoms with Gasteiger partial charge < -0.3 is 10.4 Å². The normalized spacial score (nSPS) is 10.2. The third-order valence-electron chi connectivity index (χ3n) is 2.60. The first-order valence-corrected chi connectivity index (χ1v) is 6.01. The van der Waals surface area contributed by atoms with Crippen molar-refractivity contribution in [2.24, 2.45) is 0 Å². The first kappa shape index (κ1) is 13.7. The Labute approximate surface area is 114 Å². The highest BCUT2D eigenvalue weighted by Gasteiger charge is 2.12. The Morgan fingerprint density at radius 3 is 2.80 bits per heavy atom. The SMILES string of the molecule is O=C(O)CCCNC(=O)c1ccccc1-n1cnnn1. The third-order valence-corrected chi connectivity index (χ3v) is 2.60. The van der Waals surface area contributed by atoms with Crippen molar-refractivity contribution in [1.82, 2.24) is 25.5 Å². The Kier molecular flexibility index (Phi) is 4.38. The molecule has 1 heterocycles. The second kappa shape index (κ2) is 6.41. The standard InChI is InChI=1S/C12H13N5O3/c18-11(19)6-3-7-13-12(20)9-4-1-2-5-10(9)17-8-14-15-16-17/h1-2,4-5,8H,3,6-7H2,(H,13,20)(H,18,19). The first-order chi connectivity index (χ1) is 9.68. The molecule has 1 aromatic carbocycles. The van der Waals surface area contributed by atoms with Crippen molar-refractivity contribution in [3.63, 3.8) is 0 Å². The lowest BCUT2D eigenvalue weighted by Gasteiger charge is -2.08. The summed E-state index contributed by atoms with van der Waals surface area (Å²) in [5, 5.41) is 22.0. The molecule has 0 aliphatic rings. The zero-order valence-electron chi connectivity index (χ0n) is 10.6. The minimum absolute atomic E-state index is 0.0227. The number of hydrogen-bond acceptors (Lipinski definition) is 5. The Morgan fingerprint density at radius 1 is 1.30 bits per heavy atom. The molecule has 1 amide bonds. The van der Waals surface area contributed by atoms with Gasteiger partial charge in [0.05, 0.1) is 11.3 Å². The van der Waals surface area contributed by atoms with E-state index in [9.17, 15) is 9.59 Å². The van der Waals surface area contributed by atoms with Crippen LogP contribution in [0.3, 0.4) is 0 Å². The monoisotopic (exact) mass is 275 g/mol. The number of amides is 1. The molecule has 0 saturated carbocycles. The number of carboxylic acid groups (broad SMARTS) is 1. The predicted molar refractivity (Wildman–Crippen MR) is 68.4 cm³/mol. The van der Waals surface area contributed by atoms with Crippen LogP contribution in [0.1, 0.15) is 23.2 Å². The molecule has 0 fully saturated rings. The van der Waals surface area contributed by atoms with Gasteiger partial charge in [0, 0.05) is 13.0 Å². The van der Waals surface area contributed by atoms with Crippen LogP contribution in [0.4, 0.5) is 0 Å². The molecule has 0 unspecified atom stereocenters. The van der Waals surface area contributed by atoms with Gasteiger partial charge in [0.25, 0.3) is 5.91 Å². The summed E-state index contributed by atoms with van der Waals surface area (Å²) in [4.78, 5) is 22.5. The van der Waals surface area contributed by atoms with Crippen LogP contribution in [-0.4, -0.2) is 43.7 Å². The molecular formula is C12H13N5O3. The number of carboxylic acids is 1. The largest absolute Gasteiger partial charge is 0.481 e. The lowest BCUT2D eigenvalue weighted by molar-refractivity contribution is -0.137. The van der Waals surface area contributed by atoms with E-state index in [4.69, 9.17) is 5.11 Å². The number of aromatic nitrogens is 4. The maximum Gasteiger partial charge on any atom is 0.303 e. The van der Waals surface area contributed by atoms with E-state index in [2.05, 4.69) is 20.8 Å². The van der Waals surface area contributed by atoms with Crippen LogP contribution >= 0.6 is 0 Å². The van der Waals surface area contributed by atoms with Gasteiger partial charge in [-0.15, -0.1) is 5.10 Å². The van der Waals surface area contributed by atoms with Crippen LogP contribution in [0, 0.1) is 0 Å². The summed E-state index contributed by atoms with van der Waals surface area (Å²) in [6.07, 6.45) is 1.81. The Bertz CT molecular complexity index is 597. The van der Waals surface area contributed by atoms with Crippen molar-refractivity contribution in [2.75, 3.05) is 6.54 Å². The highest BCUT2D eigenvalue weighted by atomic mass is 16.4. The van der Waals surface area contributed by atoms with E-state index in [1.54, 1.807) is 24.3 Å². The summed E-state index contributed by atoms with van der Waals surface area (Å²) in [5.41, 5.74) is 0.989. The number of aliphatic carboxylic acids is 1. The third kappa shape index (κ3) is 3.37. The van der Waals surface area contributed by atoms with Crippen LogP contribution < -0.4 is 5.32 Å². The molecule has 2 N–H and O–H groups in total. The van der Waals surface area contributed by atoms with Crippen LogP contribution in [0.25, 0.3) is 5.69 Å². The van der Waals surface area contributed by atoms with E-state index in [1.807, 2.05) is 0 Å². The second-order valence-electron chi connectivity index (χ2n) is 4.02. The van der Waals surface area contributed by atoms with E-state index < -0.39 is 5.97 Å². The van der Waals surface area contributed by atoms with Crippen molar-refractivity contribution in [2.45, 2.75) is 12.8 Å². The summed E-state index contributed by atoms with van der Waals surface area (Å²) < 4.78 is 1.40. The van der Waals surface area contributed by atoms with Gasteiger partial charge in [-0.1, -0.05) is 12.1 Å². The molecule has 0 saturated heterocycles. The Hall–Kier alpha value is -2.77. The molecule has 0 aliphatic carbocycles. The van der Waals surface area contributed by atoms with Gasteiger partial charge in [-0.3, -0.25) is 9.59 Å². The van der Waals surface area contributed by atoms with E-state index in [-0.39, 0.29) is 12.3 Å². The van der Waals surface area contributed by atoms with Crippen LogP contribution in [0.15, 0.2) is 30.6 Å². The zero-order valence-corrected chi connectivity index (χ0v) is 10.6. The summed E-state index contributed by atoms with van der Waals surface area (Å²) in [6.45, 7) is 0.301. The number of nitrogens with zero attached hydrogens (tertiary/aromatic N) is 4. The van der Waals surface area contributed by atoms with Crippen molar-refractivity contribution >= 4 is 11.9 Å². The first-order valence-electron chi connectivity index (χ1n) is 6.01. The average Bonchev–Trinajstić information content (AvgIpc) is 2.97. The Balaban J connectivity index is 2.05. The molecule has 2 rings (SSSR count). The minimum Gasteiger partial charge on any atom is -0.481 e. The molecule has 0 aliphatic heterocycles. The molecule has 104 valence electrons. The molecule has 0 bridgehead atoms. The number of para-hydroxylation sites is 1. The fourth-order valence-electron chi connectivity index (χ4n) is 1.67. The van der Waals surface area contributed by atoms with Crippen LogP contribution in [-0.2, 0) is 4.79 Å². The number of tetrazole rings is 1. The van der Waals surface area contributed by atoms with Crippen molar-refractivity contribution in [1.29, 1.82) is 0 Å². The molecule has 0 spiro atoms. The smallest absolute Gasteiger partial charge is 0.303 e. The van der Waals surface area contributed by atoms with Crippen molar-refractivity contribution in [3.8, 4) is 5.69 Å². The summed E-state index contributed by atoms with van der Waals surface area (Å²) >= 11 is 0. The lowest BCUT2D eigenvalue weighted by Crippen LogP contribution is -2.26. The van der Waals surface area contributed by atoms with Crippen molar-refractivity contribution < 1.29 is 14.7 Å². The van der Waals surface area contributed by atoms with Gasteiger partial charge in [0.15, 0.2) is 0 Å². The summed E-state index contributed by atoms with van der Waals surface area (Å²) in [7, 11) is 0. The molecule has 20 heavy (non-hydrogen) atoms. The Morgan fingerprint density at radius 2 is 2.10 bits per heavy atom. The van der Waals surface area contributed by atoms with Crippen LogP contribution in [0.5, 0.6) is 0 Å². The number of nitrogens with one attached hydrogen (secondary N) is 1. The fourth-order valence-corrected chi connectivity index (χ4v) is 1.67. The predicted octanol–water partition coefficient (Wildman–Crippen LogP) is 0.257. The van der Waals surface area contributed by atoms with E-state index >= 15 is 0 Å². The molecule has 0 atom stereocenters. The topological polar surface area (TPSA) is 110 Å². The maximum atomic E-state index is 12.1. The fraction of sp³-hybridized carbons (Fsp3) is 0.250. The molecular weight excluding hydrogens is 262 g/mol. The molecule has 2 aromatic rings. The van der Waals surface area contributed by atoms with E-state index in [1.165, 1.54) is 11.0 Å². The summed E-state index contributed by atoms with van der Waals surface area (Å²) in [6, 6.07) is 6.89. The minimum atomic E-state index is -0.881. The number of hydrogen-bond donors (Lipinski definition) is 2. The highest BCUT2D eigenvalue weighted by molar-refractivity contribution is 5.97. The van der Waals surface area contributed by atoms with Gasteiger partial charge in [-0.25, -0.2) is 0 Å². The molecule has 1 aromatic heterocycles. The highest BCUT2D eigenvalue weighted by Crippen LogP contribution is 2.12. The quantitative estimate of drug-likeness (QED) is 0.731. The second-order valence-corrected chi connectivity index (χ2v) is 4.02. The van der Waals surface area contributed by atoms with Gasteiger partial charge in [0.1, 0.15) is 6.33 Å². The van der Waals surface area contributed by atoms with Gasteiger partial charge in [-0.05, 0) is 29.0 Å². The number of benzene rings is 1. The van der Waals surface area contributed by atoms with Gasteiger partial charge in [0.2, 0.25) is 0 Å². The number of rotatable bonds is 6. The lowest BCUT2D eigenvalue weighted by atomic mass is 10.1. The zero-order chi connectivity index (χ0) is 14.4.